The molecule has 1 saturated carbocycles. The van der Waals surface area contributed by atoms with Crippen molar-refractivity contribution in [1.82, 2.24) is 0 Å². The van der Waals surface area contributed by atoms with Crippen LogP contribution in [0.2, 0.25) is 0 Å². The van der Waals surface area contributed by atoms with E-state index in [4.69, 9.17) is 4.74 Å². The maximum Gasteiger partial charge on any atom is 0.168 e. The van der Waals surface area contributed by atoms with Crippen molar-refractivity contribution in [1.29, 1.82) is 0 Å². The number of Topliss-reactive ketones (excluding diaryl/α,β-unsaturated/α-hetero) is 1. The van der Waals surface area contributed by atoms with Gasteiger partial charge >= 0.3 is 0 Å². The predicted octanol–water partition coefficient (Wildman–Crippen LogP) is 2.75. The van der Waals surface area contributed by atoms with Crippen molar-refractivity contribution >= 4 is 5.78 Å². The van der Waals surface area contributed by atoms with Crippen LogP contribution in [0.15, 0.2) is 18.2 Å². The Bertz CT molecular complexity index is 401. The van der Waals surface area contributed by atoms with Gasteiger partial charge < -0.3 is 4.74 Å². The van der Waals surface area contributed by atoms with Crippen LogP contribution in [0.1, 0.15) is 24.8 Å². The predicted molar refractivity (Wildman–Crippen MR) is 59.0 cm³/mol. The first-order valence-electron chi connectivity index (χ1n) is 5.56. The third-order valence-corrected chi connectivity index (χ3v) is 3.16. The highest BCUT2D eigenvalue weighted by molar-refractivity contribution is 5.83. The minimum Gasteiger partial charge on any atom is -0.494 e. The van der Waals surface area contributed by atoms with Crippen LogP contribution < -0.4 is 4.74 Å². The average molecular weight is 222 g/mol. The highest BCUT2D eigenvalue weighted by atomic mass is 19.1. The Morgan fingerprint density at radius 2 is 2.31 bits per heavy atom. The Morgan fingerprint density at radius 3 is 2.94 bits per heavy atom. The van der Waals surface area contributed by atoms with Crippen molar-refractivity contribution in [3.05, 3.63) is 29.6 Å². The summed E-state index contributed by atoms with van der Waals surface area (Å²) < 4.78 is 18.7. The largest absolute Gasteiger partial charge is 0.494 e. The standard InChI is InChI=1S/C13H15FO2/c1-16-12-7-3-5-10(13(12)14)8-9-4-2-6-11(9)15/h3,5,7,9H,2,4,6,8H2,1H3. The molecule has 0 aromatic heterocycles. The minimum absolute atomic E-state index is 0.00149. The molecule has 1 aromatic carbocycles. The maximum absolute atomic E-state index is 13.8. The molecule has 1 fully saturated rings. The number of halogens is 1. The van der Waals surface area contributed by atoms with E-state index in [-0.39, 0.29) is 23.3 Å². The average Bonchev–Trinajstić information content (AvgIpc) is 2.68. The van der Waals surface area contributed by atoms with Crippen LogP contribution in [0.4, 0.5) is 4.39 Å². The lowest BCUT2D eigenvalue weighted by atomic mass is 9.97. The Labute approximate surface area is 94.4 Å². The molecule has 0 aliphatic heterocycles. The van der Waals surface area contributed by atoms with E-state index in [1.807, 2.05) is 0 Å². The van der Waals surface area contributed by atoms with Gasteiger partial charge in [-0.25, -0.2) is 4.39 Å². The monoisotopic (exact) mass is 222 g/mol. The molecule has 1 aromatic rings. The summed E-state index contributed by atoms with van der Waals surface area (Å²) in [4.78, 5) is 11.5. The lowest BCUT2D eigenvalue weighted by Crippen LogP contribution is -2.10. The fraction of sp³-hybridized carbons (Fsp3) is 0.462. The first-order valence-corrected chi connectivity index (χ1v) is 5.56. The van der Waals surface area contributed by atoms with Gasteiger partial charge in [0.25, 0.3) is 0 Å². The van der Waals surface area contributed by atoms with Crippen LogP contribution in [-0.4, -0.2) is 12.9 Å². The summed E-state index contributed by atoms with van der Waals surface area (Å²) in [6.45, 7) is 0. The first-order chi connectivity index (χ1) is 7.72. The van der Waals surface area contributed by atoms with Gasteiger partial charge in [0, 0.05) is 12.3 Å². The number of methoxy groups -OCH3 is 1. The van der Waals surface area contributed by atoms with E-state index in [1.165, 1.54) is 7.11 Å². The number of carbonyl (C=O) groups excluding carboxylic acids is 1. The molecule has 0 heterocycles. The SMILES string of the molecule is COc1cccc(CC2CCCC2=O)c1F. The molecular weight excluding hydrogens is 207 g/mol. The van der Waals surface area contributed by atoms with Crippen LogP contribution in [0.5, 0.6) is 5.75 Å². The molecule has 1 aliphatic carbocycles. The van der Waals surface area contributed by atoms with Gasteiger partial charge in [-0.15, -0.1) is 0 Å². The topological polar surface area (TPSA) is 26.3 Å². The molecule has 0 saturated heterocycles. The first kappa shape index (κ1) is 11.1. The molecule has 0 amide bonds. The zero-order valence-electron chi connectivity index (χ0n) is 9.33. The van der Waals surface area contributed by atoms with Crippen LogP contribution in [0.25, 0.3) is 0 Å². The van der Waals surface area contributed by atoms with Gasteiger partial charge in [-0.05, 0) is 30.9 Å². The van der Waals surface area contributed by atoms with Crippen molar-refractivity contribution in [3.8, 4) is 5.75 Å². The summed E-state index contributed by atoms with van der Waals surface area (Å²) in [6, 6.07) is 5.08. The van der Waals surface area contributed by atoms with Crippen LogP contribution in [-0.2, 0) is 11.2 Å². The molecule has 0 N–H and O–H groups in total. The van der Waals surface area contributed by atoms with E-state index < -0.39 is 0 Å². The van der Waals surface area contributed by atoms with E-state index >= 15 is 0 Å². The smallest absolute Gasteiger partial charge is 0.168 e. The summed E-state index contributed by atoms with van der Waals surface area (Å²) in [7, 11) is 1.45. The Balaban J connectivity index is 2.18. The third kappa shape index (κ3) is 2.08. The summed E-state index contributed by atoms with van der Waals surface area (Å²) in [5.74, 6) is 0.191. The maximum atomic E-state index is 13.8. The van der Waals surface area contributed by atoms with E-state index in [0.29, 0.717) is 18.4 Å². The summed E-state index contributed by atoms with van der Waals surface area (Å²) in [5.41, 5.74) is 0.583. The van der Waals surface area contributed by atoms with Gasteiger partial charge in [0.2, 0.25) is 0 Å². The minimum atomic E-state index is -0.329. The fourth-order valence-corrected chi connectivity index (χ4v) is 2.24. The van der Waals surface area contributed by atoms with Crippen molar-refractivity contribution in [3.63, 3.8) is 0 Å². The van der Waals surface area contributed by atoms with Gasteiger partial charge in [-0.1, -0.05) is 12.1 Å². The second kappa shape index (κ2) is 4.64. The third-order valence-electron chi connectivity index (χ3n) is 3.16. The summed E-state index contributed by atoms with van der Waals surface area (Å²) in [6.07, 6.45) is 2.97. The molecule has 3 heteroatoms. The number of hydrogen-bond acceptors (Lipinski definition) is 2. The lowest BCUT2D eigenvalue weighted by molar-refractivity contribution is -0.120. The summed E-state index contributed by atoms with van der Waals surface area (Å²) >= 11 is 0. The number of carbonyl (C=O) groups is 1. The normalized spacial score (nSPS) is 20.1. The van der Waals surface area contributed by atoms with Crippen LogP contribution >= 0.6 is 0 Å². The fourth-order valence-electron chi connectivity index (χ4n) is 2.24. The molecule has 1 aliphatic rings. The number of rotatable bonds is 3. The number of hydrogen-bond donors (Lipinski definition) is 0. The second-order valence-electron chi connectivity index (χ2n) is 4.19. The molecule has 0 spiro atoms. The molecular formula is C13H15FO2. The highest BCUT2D eigenvalue weighted by Gasteiger charge is 2.25. The van der Waals surface area contributed by atoms with Gasteiger partial charge in [-0.2, -0.15) is 0 Å². The molecule has 1 atom stereocenters. The zero-order valence-corrected chi connectivity index (χ0v) is 9.33. The van der Waals surface area contributed by atoms with E-state index in [2.05, 4.69) is 0 Å². The molecule has 0 radical (unpaired) electrons. The molecule has 1 unspecified atom stereocenters. The van der Waals surface area contributed by atoms with E-state index in [0.717, 1.165) is 12.8 Å². The highest BCUT2D eigenvalue weighted by Crippen LogP contribution is 2.28. The van der Waals surface area contributed by atoms with Gasteiger partial charge in [0.15, 0.2) is 11.6 Å². The zero-order chi connectivity index (χ0) is 11.5. The van der Waals surface area contributed by atoms with Crippen LogP contribution in [0, 0.1) is 11.7 Å². The quantitative estimate of drug-likeness (QED) is 0.786. The van der Waals surface area contributed by atoms with Crippen molar-refractivity contribution < 1.29 is 13.9 Å². The second-order valence-corrected chi connectivity index (χ2v) is 4.19. The van der Waals surface area contributed by atoms with Gasteiger partial charge in [-0.3, -0.25) is 4.79 Å². The number of ether oxygens (including phenoxy) is 1. The lowest BCUT2D eigenvalue weighted by Gasteiger charge is -2.10. The van der Waals surface area contributed by atoms with Crippen molar-refractivity contribution in [2.75, 3.05) is 7.11 Å². The molecule has 2 rings (SSSR count). The van der Waals surface area contributed by atoms with E-state index in [9.17, 15) is 9.18 Å². The molecule has 0 bridgehead atoms. The Morgan fingerprint density at radius 1 is 1.50 bits per heavy atom. The van der Waals surface area contributed by atoms with E-state index in [1.54, 1.807) is 18.2 Å². The number of ketones is 1. The Kier molecular flexibility index (Phi) is 3.22. The molecule has 2 nitrogen and oxygen atoms in total. The van der Waals surface area contributed by atoms with Gasteiger partial charge in [0.05, 0.1) is 7.11 Å². The molecule has 16 heavy (non-hydrogen) atoms. The summed E-state index contributed by atoms with van der Waals surface area (Å²) in [5, 5.41) is 0. The van der Waals surface area contributed by atoms with Crippen LogP contribution in [0.3, 0.4) is 0 Å². The van der Waals surface area contributed by atoms with Crippen molar-refractivity contribution in [2.45, 2.75) is 25.7 Å². The number of benzene rings is 1. The van der Waals surface area contributed by atoms with Gasteiger partial charge in [0.1, 0.15) is 5.78 Å². The van der Waals surface area contributed by atoms with Crippen molar-refractivity contribution in [2.24, 2.45) is 5.92 Å². The molecule has 86 valence electrons. The Hall–Kier alpha value is -1.38.